The molecule has 0 aromatic heterocycles. The molecule has 1 rings (SSSR count). The third-order valence-corrected chi connectivity index (χ3v) is 1.36. The van der Waals surface area contributed by atoms with Crippen LogP contribution in [-0.2, 0) is 0 Å². The molecule has 1 aromatic rings. The van der Waals surface area contributed by atoms with Gasteiger partial charge in [-0.3, -0.25) is 4.79 Å². The molecular formula is C11H10F2O. The Labute approximate surface area is 81.8 Å². The van der Waals surface area contributed by atoms with E-state index in [1.807, 2.05) is 13.8 Å². The van der Waals surface area contributed by atoms with Crippen LogP contribution in [0.2, 0.25) is 0 Å². The van der Waals surface area contributed by atoms with E-state index in [0.29, 0.717) is 0 Å². The zero-order chi connectivity index (χ0) is 11.1. The number of hydrogen-bond acceptors (Lipinski definition) is 1. The van der Waals surface area contributed by atoms with Gasteiger partial charge in [0, 0.05) is 5.56 Å². The van der Waals surface area contributed by atoms with E-state index < -0.39 is 17.2 Å². The van der Waals surface area contributed by atoms with E-state index in [4.69, 9.17) is 6.42 Å². The summed E-state index contributed by atoms with van der Waals surface area (Å²) in [5, 5.41) is 0. The van der Waals surface area contributed by atoms with Crippen LogP contribution in [0.3, 0.4) is 0 Å². The Hall–Kier alpha value is -1.69. The van der Waals surface area contributed by atoms with Crippen LogP contribution in [0.15, 0.2) is 12.1 Å². The molecule has 74 valence electrons. The van der Waals surface area contributed by atoms with E-state index in [2.05, 4.69) is 5.92 Å². The summed E-state index contributed by atoms with van der Waals surface area (Å²) in [5.41, 5.74) is -0.510. The first-order valence-electron chi connectivity index (χ1n) is 4.10. The smallest absolute Gasteiger partial charge is 0.155 e. The van der Waals surface area contributed by atoms with E-state index in [1.54, 1.807) is 0 Å². The Morgan fingerprint density at radius 1 is 1.29 bits per heavy atom. The standard InChI is InChI=1S/C9H4F2O.C2H6/c1-2-6-3-8(10)7(5-12)9(11)4-6;1-2/h1,3-5H;1-2H3. The van der Waals surface area contributed by atoms with E-state index in [1.165, 1.54) is 0 Å². The molecule has 0 unspecified atom stereocenters. The summed E-state index contributed by atoms with van der Waals surface area (Å²) in [5.74, 6) is 0.199. The van der Waals surface area contributed by atoms with Crippen molar-refractivity contribution in [3.8, 4) is 12.3 Å². The van der Waals surface area contributed by atoms with Crippen molar-refractivity contribution >= 4 is 6.29 Å². The SMILES string of the molecule is C#Cc1cc(F)c(C=O)c(F)c1.CC. The molecule has 0 saturated heterocycles. The predicted octanol–water partition coefficient (Wildman–Crippen LogP) is 2.78. The molecule has 3 heteroatoms. The topological polar surface area (TPSA) is 17.1 Å². The molecule has 0 aliphatic heterocycles. The van der Waals surface area contributed by atoms with Gasteiger partial charge in [0.2, 0.25) is 0 Å². The number of hydrogen-bond donors (Lipinski definition) is 0. The van der Waals surface area contributed by atoms with Gasteiger partial charge in [0.1, 0.15) is 11.6 Å². The molecule has 0 radical (unpaired) electrons. The summed E-state index contributed by atoms with van der Waals surface area (Å²) in [7, 11) is 0. The predicted molar refractivity (Wildman–Crippen MR) is 51.0 cm³/mol. The minimum absolute atomic E-state index is 0.0793. The maximum atomic E-state index is 12.7. The largest absolute Gasteiger partial charge is 0.298 e. The lowest BCUT2D eigenvalue weighted by Crippen LogP contribution is -1.94. The van der Waals surface area contributed by atoms with Gasteiger partial charge >= 0.3 is 0 Å². The lowest BCUT2D eigenvalue weighted by atomic mass is 10.1. The van der Waals surface area contributed by atoms with Gasteiger partial charge in [0.15, 0.2) is 6.29 Å². The summed E-state index contributed by atoms with van der Waals surface area (Å²) >= 11 is 0. The minimum atomic E-state index is -0.932. The number of carbonyl (C=O) groups excluding carboxylic acids is 1. The van der Waals surface area contributed by atoms with E-state index in [9.17, 15) is 13.6 Å². The van der Waals surface area contributed by atoms with E-state index in [-0.39, 0.29) is 11.8 Å². The number of halogens is 2. The first-order valence-corrected chi connectivity index (χ1v) is 4.10. The van der Waals surface area contributed by atoms with Gasteiger partial charge in [-0.05, 0) is 12.1 Å². The van der Waals surface area contributed by atoms with Crippen molar-refractivity contribution in [1.82, 2.24) is 0 Å². The van der Waals surface area contributed by atoms with Crippen molar-refractivity contribution in [3.63, 3.8) is 0 Å². The van der Waals surface area contributed by atoms with Gasteiger partial charge in [-0.1, -0.05) is 19.8 Å². The van der Waals surface area contributed by atoms with E-state index in [0.717, 1.165) is 12.1 Å². The van der Waals surface area contributed by atoms with Crippen LogP contribution in [0.5, 0.6) is 0 Å². The van der Waals surface area contributed by atoms with Crippen LogP contribution < -0.4 is 0 Å². The van der Waals surface area contributed by atoms with Crippen LogP contribution in [-0.4, -0.2) is 6.29 Å². The monoisotopic (exact) mass is 196 g/mol. The fourth-order valence-electron chi connectivity index (χ4n) is 0.780. The van der Waals surface area contributed by atoms with Gasteiger partial charge < -0.3 is 0 Å². The molecule has 0 heterocycles. The lowest BCUT2D eigenvalue weighted by Gasteiger charge is -1.97. The maximum Gasteiger partial charge on any atom is 0.155 e. The second kappa shape index (κ2) is 5.87. The normalized spacial score (nSPS) is 8.21. The van der Waals surface area contributed by atoms with Gasteiger partial charge in [0.05, 0.1) is 5.56 Å². The maximum absolute atomic E-state index is 12.7. The molecule has 0 aliphatic carbocycles. The fourth-order valence-corrected chi connectivity index (χ4v) is 0.780. The second-order valence-electron chi connectivity index (χ2n) is 2.12. The summed E-state index contributed by atoms with van der Waals surface area (Å²) in [6.45, 7) is 4.00. The zero-order valence-electron chi connectivity index (χ0n) is 7.97. The summed E-state index contributed by atoms with van der Waals surface area (Å²) in [6.07, 6.45) is 5.02. The van der Waals surface area contributed by atoms with Crippen molar-refractivity contribution in [2.45, 2.75) is 13.8 Å². The van der Waals surface area contributed by atoms with Crippen molar-refractivity contribution in [1.29, 1.82) is 0 Å². The molecule has 14 heavy (non-hydrogen) atoms. The van der Waals surface area contributed by atoms with Crippen LogP contribution in [0, 0.1) is 24.0 Å². The van der Waals surface area contributed by atoms with Crippen LogP contribution in [0.4, 0.5) is 8.78 Å². The average Bonchev–Trinajstić information content (AvgIpc) is 2.20. The van der Waals surface area contributed by atoms with Crippen molar-refractivity contribution < 1.29 is 13.6 Å². The Balaban J connectivity index is 0.000000791. The lowest BCUT2D eigenvalue weighted by molar-refractivity contribution is 0.111. The number of aldehydes is 1. The first-order chi connectivity index (χ1) is 6.69. The molecule has 0 spiro atoms. The highest BCUT2D eigenvalue weighted by Crippen LogP contribution is 2.12. The van der Waals surface area contributed by atoms with Crippen LogP contribution in [0.1, 0.15) is 29.8 Å². The number of rotatable bonds is 1. The fraction of sp³-hybridized carbons (Fsp3) is 0.182. The Kier molecular flexibility index (Phi) is 5.16. The van der Waals surface area contributed by atoms with Crippen molar-refractivity contribution in [2.75, 3.05) is 0 Å². The van der Waals surface area contributed by atoms with Gasteiger partial charge in [0.25, 0.3) is 0 Å². The first kappa shape index (κ1) is 12.3. The third kappa shape index (κ3) is 2.67. The molecule has 0 N–H and O–H groups in total. The number of benzene rings is 1. The minimum Gasteiger partial charge on any atom is -0.298 e. The number of terminal acetylenes is 1. The Morgan fingerprint density at radius 2 is 1.71 bits per heavy atom. The molecule has 0 fully saturated rings. The van der Waals surface area contributed by atoms with E-state index >= 15 is 0 Å². The molecule has 1 nitrogen and oxygen atoms in total. The zero-order valence-corrected chi connectivity index (χ0v) is 7.97. The van der Waals surface area contributed by atoms with Crippen molar-refractivity contribution in [3.05, 3.63) is 34.9 Å². The van der Waals surface area contributed by atoms with Gasteiger partial charge in [-0.2, -0.15) is 0 Å². The Morgan fingerprint density at radius 3 is 2.00 bits per heavy atom. The molecule has 0 amide bonds. The molecular weight excluding hydrogens is 186 g/mol. The molecule has 1 aromatic carbocycles. The molecule has 0 bridgehead atoms. The third-order valence-electron chi connectivity index (χ3n) is 1.36. The van der Waals surface area contributed by atoms with Gasteiger partial charge in [-0.15, -0.1) is 6.42 Å². The quantitative estimate of drug-likeness (QED) is 0.498. The number of carbonyl (C=O) groups is 1. The summed E-state index contributed by atoms with van der Waals surface area (Å²) in [4.78, 5) is 10.1. The highest BCUT2D eigenvalue weighted by molar-refractivity contribution is 5.76. The highest BCUT2D eigenvalue weighted by atomic mass is 19.1. The van der Waals surface area contributed by atoms with Crippen LogP contribution >= 0.6 is 0 Å². The average molecular weight is 196 g/mol. The summed E-state index contributed by atoms with van der Waals surface area (Å²) < 4.78 is 25.5. The molecule has 0 aliphatic rings. The molecule has 0 saturated carbocycles. The van der Waals surface area contributed by atoms with Gasteiger partial charge in [-0.25, -0.2) is 8.78 Å². The molecule has 0 atom stereocenters. The van der Waals surface area contributed by atoms with Crippen LogP contribution in [0.25, 0.3) is 0 Å². The summed E-state index contributed by atoms with van der Waals surface area (Å²) in [6, 6.07) is 1.87. The highest BCUT2D eigenvalue weighted by Gasteiger charge is 2.08. The second-order valence-corrected chi connectivity index (χ2v) is 2.12. The Bertz CT molecular complexity index is 341. The van der Waals surface area contributed by atoms with Crippen molar-refractivity contribution in [2.24, 2.45) is 0 Å².